The minimum atomic E-state index is 0.0339. The van der Waals surface area contributed by atoms with E-state index in [4.69, 9.17) is 5.73 Å². The minimum Gasteiger partial charge on any atom is -0.387 e. The Morgan fingerprint density at radius 3 is 2.25 bits per heavy atom. The summed E-state index contributed by atoms with van der Waals surface area (Å²) in [6, 6.07) is 0. The maximum absolute atomic E-state index is 5.78. The van der Waals surface area contributed by atoms with E-state index in [1.165, 1.54) is 12.8 Å². The molecule has 0 aromatic rings. The summed E-state index contributed by atoms with van der Waals surface area (Å²) >= 11 is 0. The van der Waals surface area contributed by atoms with Gasteiger partial charge in [0.1, 0.15) is 0 Å². The first-order valence-corrected chi connectivity index (χ1v) is 4.79. The lowest BCUT2D eigenvalue weighted by atomic mass is 9.95. The number of amidine groups is 1. The van der Waals surface area contributed by atoms with Crippen molar-refractivity contribution >= 4 is 5.84 Å². The van der Waals surface area contributed by atoms with E-state index < -0.39 is 0 Å². The molecule has 0 aromatic carbocycles. The molecule has 0 aliphatic heterocycles. The molecule has 0 aliphatic carbocycles. The van der Waals surface area contributed by atoms with Crippen LogP contribution in [0.15, 0.2) is 4.99 Å². The second-order valence-electron chi connectivity index (χ2n) is 4.22. The maximum atomic E-state index is 5.78. The van der Waals surface area contributed by atoms with Crippen LogP contribution in [0.25, 0.3) is 0 Å². The number of nitrogens with two attached hydrogens (primary N) is 1. The van der Waals surface area contributed by atoms with Crippen molar-refractivity contribution in [2.24, 2.45) is 16.1 Å². The third kappa shape index (κ3) is 5.16. The lowest BCUT2D eigenvalue weighted by molar-refractivity contribution is 0.579. The van der Waals surface area contributed by atoms with Gasteiger partial charge in [-0.25, -0.2) is 0 Å². The van der Waals surface area contributed by atoms with Crippen LogP contribution < -0.4 is 5.73 Å². The van der Waals surface area contributed by atoms with Gasteiger partial charge in [-0.05, 0) is 6.42 Å². The van der Waals surface area contributed by atoms with Gasteiger partial charge in [-0.2, -0.15) is 0 Å². The van der Waals surface area contributed by atoms with Crippen LogP contribution in [0.4, 0.5) is 0 Å². The Labute approximate surface area is 76.3 Å². The van der Waals surface area contributed by atoms with E-state index in [0.29, 0.717) is 0 Å². The van der Waals surface area contributed by atoms with Crippen molar-refractivity contribution in [2.75, 3.05) is 6.54 Å². The monoisotopic (exact) mass is 170 g/mol. The van der Waals surface area contributed by atoms with Crippen molar-refractivity contribution in [1.29, 1.82) is 0 Å². The van der Waals surface area contributed by atoms with Crippen LogP contribution in [-0.4, -0.2) is 12.4 Å². The van der Waals surface area contributed by atoms with Crippen molar-refractivity contribution in [3.63, 3.8) is 0 Å². The van der Waals surface area contributed by atoms with Gasteiger partial charge >= 0.3 is 0 Å². The fourth-order valence-electron chi connectivity index (χ4n) is 0.798. The number of aliphatic imine (C=N–C) groups is 1. The average Bonchev–Trinajstić information content (AvgIpc) is 1.96. The zero-order valence-corrected chi connectivity index (χ0v) is 8.85. The highest BCUT2D eigenvalue weighted by atomic mass is 14.9. The van der Waals surface area contributed by atoms with E-state index in [1.807, 2.05) is 0 Å². The summed E-state index contributed by atoms with van der Waals surface area (Å²) in [6.07, 6.45) is 3.65. The number of hydrogen-bond donors (Lipinski definition) is 1. The van der Waals surface area contributed by atoms with Crippen LogP contribution >= 0.6 is 0 Å². The molecule has 0 unspecified atom stereocenters. The highest BCUT2D eigenvalue weighted by Crippen LogP contribution is 2.12. The number of unbranched alkanes of at least 4 members (excludes halogenated alkanes) is 2. The van der Waals surface area contributed by atoms with Crippen LogP contribution in [0.2, 0.25) is 0 Å². The Bertz CT molecular complexity index is 142. The van der Waals surface area contributed by atoms with Crippen LogP contribution in [0.5, 0.6) is 0 Å². The third-order valence-corrected chi connectivity index (χ3v) is 1.81. The predicted octanol–water partition coefficient (Wildman–Crippen LogP) is 2.58. The number of hydrogen-bond acceptors (Lipinski definition) is 1. The lowest BCUT2D eigenvalue weighted by Gasteiger charge is -2.17. The van der Waals surface area contributed by atoms with Gasteiger partial charge in [-0.3, -0.25) is 4.99 Å². The molecule has 12 heavy (non-hydrogen) atoms. The molecule has 72 valence electrons. The van der Waals surface area contributed by atoms with E-state index in [1.54, 1.807) is 0 Å². The van der Waals surface area contributed by atoms with E-state index in [-0.39, 0.29) is 5.41 Å². The van der Waals surface area contributed by atoms with Crippen LogP contribution in [0.3, 0.4) is 0 Å². The molecule has 2 N–H and O–H groups in total. The second kappa shape index (κ2) is 5.18. The highest BCUT2D eigenvalue weighted by Gasteiger charge is 2.14. The molecule has 0 saturated heterocycles. The standard InChI is InChI=1S/C10H22N2/c1-5-6-7-8-12-9(11)10(2,3)4/h5-8H2,1-4H3,(H2,11,12). The predicted molar refractivity (Wildman–Crippen MR) is 55.5 cm³/mol. The molecule has 0 saturated carbocycles. The Kier molecular flexibility index (Phi) is 4.95. The molecule has 0 heterocycles. The summed E-state index contributed by atoms with van der Waals surface area (Å²) in [6.45, 7) is 9.34. The summed E-state index contributed by atoms with van der Waals surface area (Å²) in [4.78, 5) is 4.33. The number of nitrogens with zero attached hydrogens (tertiary/aromatic N) is 1. The lowest BCUT2D eigenvalue weighted by Crippen LogP contribution is -2.29. The molecule has 2 heteroatoms. The summed E-state index contributed by atoms with van der Waals surface area (Å²) in [5.74, 6) is 0.776. The molecule has 0 rings (SSSR count). The Balaban J connectivity index is 3.70. The molecule has 0 aliphatic rings. The molecular weight excluding hydrogens is 148 g/mol. The first-order valence-electron chi connectivity index (χ1n) is 4.79. The second-order valence-corrected chi connectivity index (χ2v) is 4.22. The van der Waals surface area contributed by atoms with Gasteiger partial charge in [0.05, 0.1) is 5.84 Å². The summed E-state index contributed by atoms with van der Waals surface area (Å²) in [5.41, 5.74) is 5.82. The van der Waals surface area contributed by atoms with E-state index in [0.717, 1.165) is 18.8 Å². The Morgan fingerprint density at radius 1 is 1.25 bits per heavy atom. The topological polar surface area (TPSA) is 38.4 Å². The highest BCUT2D eigenvalue weighted by molar-refractivity contribution is 5.85. The van der Waals surface area contributed by atoms with Crippen molar-refractivity contribution in [2.45, 2.75) is 47.0 Å². The molecule has 0 fully saturated rings. The molecule has 0 radical (unpaired) electrons. The van der Waals surface area contributed by atoms with Crippen molar-refractivity contribution in [1.82, 2.24) is 0 Å². The first kappa shape index (κ1) is 11.5. The third-order valence-electron chi connectivity index (χ3n) is 1.81. The van der Waals surface area contributed by atoms with Crippen LogP contribution in [0.1, 0.15) is 47.0 Å². The van der Waals surface area contributed by atoms with Crippen molar-refractivity contribution in [3.05, 3.63) is 0 Å². The van der Waals surface area contributed by atoms with Gasteiger partial charge < -0.3 is 5.73 Å². The quantitative estimate of drug-likeness (QED) is 0.393. The average molecular weight is 170 g/mol. The molecule has 2 nitrogen and oxygen atoms in total. The van der Waals surface area contributed by atoms with E-state index in [9.17, 15) is 0 Å². The van der Waals surface area contributed by atoms with Gasteiger partial charge in [0.2, 0.25) is 0 Å². The zero-order valence-electron chi connectivity index (χ0n) is 8.85. The van der Waals surface area contributed by atoms with Gasteiger partial charge in [-0.1, -0.05) is 40.5 Å². The van der Waals surface area contributed by atoms with Crippen molar-refractivity contribution < 1.29 is 0 Å². The fourth-order valence-corrected chi connectivity index (χ4v) is 0.798. The normalized spacial score (nSPS) is 13.5. The van der Waals surface area contributed by atoms with E-state index >= 15 is 0 Å². The fraction of sp³-hybridized carbons (Fsp3) is 0.900. The number of rotatable bonds is 4. The Morgan fingerprint density at radius 2 is 1.83 bits per heavy atom. The maximum Gasteiger partial charge on any atom is 0.0991 e. The van der Waals surface area contributed by atoms with Crippen LogP contribution in [-0.2, 0) is 0 Å². The van der Waals surface area contributed by atoms with E-state index in [2.05, 4.69) is 32.7 Å². The first-order chi connectivity index (χ1) is 5.48. The van der Waals surface area contributed by atoms with Crippen LogP contribution in [0, 0.1) is 5.41 Å². The van der Waals surface area contributed by atoms with Gasteiger partial charge in [0.15, 0.2) is 0 Å². The molecule has 0 amide bonds. The smallest absolute Gasteiger partial charge is 0.0991 e. The molecule has 0 aromatic heterocycles. The zero-order chi connectivity index (χ0) is 9.61. The summed E-state index contributed by atoms with van der Waals surface area (Å²) in [5, 5.41) is 0. The Hall–Kier alpha value is -0.530. The molecule has 0 bridgehead atoms. The summed E-state index contributed by atoms with van der Waals surface area (Å²) in [7, 11) is 0. The summed E-state index contributed by atoms with van der Waals surface area (Å²) < 4.78 is 0. The van der Waals surface area contributed by atoms with Gasteiger partial charge in [0.25, 0.3) is 0 Å². The molecule has 0 spiro atoms. The molecule has 0 atom stereocenters. The largest absolute Gasteiger partial charge is 0.387 e. The SMILES string of the molecule is CCCCCN=C(N)C(C)(C)C. The van der Waals surface area contributed by atoms with Gasteiger partial charge in [-0.15, -0.1) is 0 Å². The van der Waals surface area contributed by atoms with Crippen molar-refractivity contribution in [3.8, 4) is 0 Å². The molecular formula is C10H22N2. The minimum absolute atomic E-state index is 0.0339. The van der Waals surface area contributed by atoms with Gasteiger partial charge in [0, 0.05) is 12.0 Å².